The molecule has 0 spiro atoms. The summed E-state index contributed by atoms with van der Waals surface area (Å²) in [7, 11) is 0. The van der Waals surface area contributed by atoms with E-state index in [4.69, 9.17) is 4.42 Å². The van der Waals surface area contributed by atoms with E-state index in [-0.39, 0.29) is 17.6 Å². The van der Waals surface area contributed by atoms with Gasteiger partial charge in [-0.05, 0) is 36.2 Å². The lowest BCUT2D eigenvalue weighted by Crippen LogP contribution is -2.50. The minimum Gasteiger partial charge on any atom is -0.459 e. The molecule has 3 rings (SSSR count). The summed E-state index contributed by atoms with van der Waals surface area (Å²) in [6, 6.07) is 9.65. The van der Waals surface area contributed by atoms with Crippen molar-refractivity contribution >= 4 is 11.8 Å². The van der Waals surface area contributed by atoms with Gasteiger partial charge in [0, 0.05) is 45.8 Å². The standard InChI is InChI=1S/C21H27FN4O3/c22-18-5-3-17(4-6-18)7-8-23-20(27)16-26-13-11-25(12-14-26)10-9-24-21(28)19-2-1-15-29-19/h1-6,15H,7-14,16H2,(H,23,27)(H,24,28). The van der Waals surface area contributed by atoms with Crippen LogP contribution in [0.25, 0.3) is 0 Å². The fourth-order valence-corrected chi connectivity index (χ4v) is 3.25. The summed E-state index contributed by atoms with van der Waals surface area (Å²) in [6.45, 7) is 5.60. The van der Waals surface area contributed by atoms with Gasteiger partial charge < -0.3 is 15.1 Å². The summed E-state index contributed by atoms with van der Waals surface area (Å²) in [5.74, 6) is -0.130. The monoisotopic (exact) mass is 402 g/mol. The van der Waals surface area contributed by atoms with Crippen LogP contribution in [0.4, 0.5) is 4.39 Å². The number of amides is 2. The zero-order chi connectivity index (χ0) is 20.5. The van der Waals surface area contributed by atoms with Crippen LogP contribution in [0, 0.1) is 5.82 Å². The van der Waals surface area contributed by atoms with Crippen molar-refractivity contribution in [2.75, 3.05) is 52.4 Å². The molecule has 0 radical (unpaired) electrons. The number of furan rings is 1. The number of nitrogens with one attached hydrogen (secondary N) is 2. The Labute approximate surface area is 169 Å². The lowest BCUT2D eigenvalue weighted by Gasteiger charge is -2.34. The topological polar surface area (TPSA) is 77.8 Å². The maximum absolute atomic E-state index is 12.9. The molecule has 2 heterocycles. The summed E-state index contributed by atoms with van der Waals surface area (Å²) in [5.41, 5.74) is 0.999. The quantitative estimate of drug-likeness (QED) is 0.658. The van der Waals surface area contributed by atoms with Crippen LogP contribution in [0.2, 0.25) is 0 Å². The molecule has 2 aromatic rings. The predicted octanol–water partition coefficient (Wildman–Crippen LogP) is 1.13. The third-order valence-corrected chi connectivity index (χ3v) is 4.94. The molecule has 2 amide bonds. The van der Waals surface area contributed by atoms with E-state index in [9.17, 15) is 14.0 Å². The molecule has 156 valence electrons. The summed E-state index contributed by atoms with van der Waals surface area (Å²) in [4.78, 5) is 28.3. The summed E-state index contributed by atoms with van der Waals surface area (Å²) >= 11 is 0. The lowest BCUT2D eigenvalue weighted by atomic mass is 10.1. The summed E-state index contributed by atoms with van der Waals surface area (Å²) in [5, 5.41) is 5.76. The minimum absolute atomic E-state index is 0.00581. The third kappa shape index (κ3) is 6.99. The molecule has 1 aliphatic rings. The highest BCUT2D eigenvalue weighted by Gasteiger charge is 2.19. The first kappa shape index (κ1) is 21.0. The number of carbonyl (C=O) groups excluding carboxylic acids is 2. The predicted molar refractivity (Wildman–Crippen MR) is 107 cm³/mol. The van der Waals surface area contributed by atoms with Crippen molar-refractivity contribution < 1.29 is 18.4 Å². The minimum atomic E-state index is -0.253. The zero-order valence-corrected chi connectivity index (χ0v) is 16.4. The summed E-state index contributed by atoms with van der Waals surface area (Å²) < 4.78 is 17.9. The van der Waals surface area contributed by atoms with Crippen molar-refractivity contribution in [2.45, 2.75) is 6.42 Å². The van der Waals surface area contributed by atoms with Crippen LogP contribution in [-0.2, 0) is 11.2 Å². The average Bonchev–Trinajstić information content (AvgIpc) is 3.26. The Bertz CT molecular complexity index is 772. The molecule has 0 bridgehead atoms. The number of hydrogen-bond acceptors (Lipinski definition) is 5. The van der Waals surface area contributed by atoms with E-state index >= 15 is 0 Å². The second kappa shape index (κ2) is 10.7. The van der Waals surface area contributed by atoms with Crippen LogP contribution >= 0.6 is 0 Å². The van der Waals surface area contributed by atoms with Gasteiger partial charge in [-0.15, -0.1) is 0 Å². The molecule has 1 aromatic carbocycles. The van der Waals surface area contributed by atoms with E-state index in [0.29, 0.717) is 31.8 Å². The van der Waals surface area contributed by atoms with Gasteiger partial charge in [-0.1, -0.05) is 12.1 Å². The van der Waals surface area contributed by atoms with Gasteiger partial charge >= 0.3 is 0 Å². The molecular weight excluding hydrogens is 375 g/mol. The maximum Gasteiger partial charge on any atom is 0.287 e. The Balaban J connectivity index is 1.25. The van der Waals surface area contributed by atoms with E-state index in [1.54, 1.807) is 24.3 Å². The molecule has 2 N–H and O–H groups in total. The van der Waals surface area contributed by atoms with Crippen LogP contribution in [0.3, 0.4) is 0 Å². The van der Waals surface area contributed by atoms with Gasteiger partial charge in [-0.3, -0.25) is 19.4 Å². The van der Waals surface area contributed by atoms with Gasteiger partial charge in [0.2, 0.25) is 5.91 Å². The van der Waals surface area contributed by atoms with Gasteiger partial charge in [0.25, 0.3) is 5.91 Å². The number of benzene rings is 1. The van der Waals surface area contributed by atoms with E-state index < -0.39 is 0 Å². The highest BCUT2D eigenvalue weighted by Crippen LogP contribution is 2.04. The Morgan fingerprint density at radius 3 is 2.38 bits per heavy atom. The van der Waals surface area contributed by atoms with Gasteiger partial charge in [-0.25, -0.2) is 4.39 Å². The molecule has 29 heavy (non-hydrogen) atoms. The maximum atomic E-state index is 12.9. The van der Waals surface area contributed by atoms with Gasteiger partial charge in [0.15, 0.2) is 5.76 Å². The Morgan fingerprint density at radius 1 is 0.966 bits per heavy atom. The first-order valence-corrected chi connectivity index (χ1v) is 9.88. The highest BCUT2D eigenvalue weighted by atomic mass is 19.1. The van der Waals surface area contributed by atoms with E-state index in [1.807, 2.05) is 0 Å². The molecule has 0 aliphatic carbocycles. The molecule has 7 nitrogen and oxygen atoms in total. The van der Waals surface area contributed by atoms with Crippen molar-refractivity contribution in [1.29, 1.82) is 0 Å². The van der Waals surface area contributed by atoms with Crippen LogP contribution in [0.1, 0.15) is 16.1 Å². The molecule has 0 unspecified atom stereocenters. The van der Waals surface area contributed by atoms with Gasteiger partial charge in [0.05, 0.1) is 12.8 Å². The molecule has 1 fully saturated rings. The van der Waals surface area contributed by atoms with Crippen molar-refractivity contribution in [3.63, 3.8) is 0 Å². The molecule has 0 saturated carbocycles. The second-order valence-corrected chi connectivity index (χ2v) is 7.08. The van der Waals surface area contributed by atoms with Crippen molar-refractivity contribution in [3.8, 4) is 0 Å². The Morgan fingerprint density at radius 2 is 1.69 bits per heavy atom. The first-order valence-electron chi connectivity index (χ1n) is 9.88. The van der Waals surface area contributed by atoms with Crippen LogP contribution in [-0.4, -0.2) is 74.0 Å². The number of halogens is 1. The smallest absolute Gasteiger partial charge is 0.287 e. The number of hydrogen-bond donors (Lipinski definition) is 2. The molecule has 0 atom stereocenters. The fourth-order valence-electron chi connectivity index (χ4n) is 3.25. The SMILES string of the molecule is O=C(CN1CCN(CCNC(=O)c2ccco2)CC1)NCCc1ccc(F)cc1. The number of piperazine rings is 1. The fraction of sp³-hybridized carbons (Fsp3) is 0.429. The Kier molecular flexibility index (Phi) is 7.77. The summed E-state index contributed by atoms with van der Waals surface area (Å²) in [6.07, 6.45) is 2.16. The van der Waals surface area contributed by atoms with Crippen molar-refractivity contribution in [3.05, 3.63) is 59.8 Å². The van der Waals surface area contributed by atoms with E-state index in [0.717, 1.165) is 38.3 Å². The van der Waals surface area contributed by atoms with E-state index in [1.165, 1.54) is 18.4 Å². The van der Waals surface area contributed by atoms with E-state index in [2.05, 4.69) is 20.4 Å². The van der Waals surface area contributed by atoms with Crippen molar-refractivity contribution in [1.82, 2.24) is 20.4 Å². The largest absolute Gasteiger partial charge is 0.459 e. The van der Waals surface area contributed by atoms with Gasteiger partial charge in [-0.2, -0.15) is 0 Å². The Hall–Kier alpha value is -2.71. The van der Waals surface area contributed by atoms with Gasteiger partial charge in [0.1, 0.15) is 5.82 Å². The second-order valence-electron chi connectivity index (χ2n) is 7.08. The highest BCUT2D eigenvalue weighted by molar-refractivity contribution is 5.91. The average molecular weight is 402 g/mol. The first-order chi connectivity index (χ1) is 14.1. The zero-order valence-electron chi connectivity index (χ0n) is 16.4. The van der Waals surface area contributed by atoms with Crippen LogP contribution in [0.15, 0.2) is 47.1 Å². The third-order valence-electron chi connectivity index (χ3n) is 4.94. The normalized spacial score (nSPS) is 15.2. The number of rotatable bonds is 9. The number of carbonyl (C=O) groups is 2. The molecule has 1 aromatic heterocycles. The molecule has 8 heteroatoms. The van der Waals surface area contributed by atoms with Crippen LogP contribution in [0.5, 0.6) is 0 Å². The van der Waals surface area contributed by atoms with Crippen LogP contribution < -0.4 is 10.6 Å². The number of nitrogens with zero attached hydrogens (tertiary/aromatic N) is 2. The lowest BCUT2D eigenvalue weighted by molar-refractivity contribution is -0.122. The van der Waals surface area contributed by atoms with Crippen molar-refractivity contribution in [2.24, 2.45) is 0 Å². The molecular formula is C21H27FN4O3. The molecule has 1 aliphatic heterocycles. The molecule has 1 saturated heterocycles.